The number of amides is 2. The van der Waals surface area contributed by atoms with Gasteiger partial charge >= 0.3 is 12.0 Å². The number of carboxylic acid groups (broad SMARTS) is 1. The third-order valence-electron chi connectivity index (χ3n) is 2.37. The van der Waals surface area contributed by atoms with Gasteiger partial charge in [0.1, 0.15) is 0 Å². The maximum Gasteiger partial charge on any atom is 0.324 e. The fraction of sp³-hybridized carbons (Fsp3) is 0.167. The molecule has 0 unspecified atom stereocenters. The van der Waals surface area contributed by atoms with E-state index in [1.807, 2.05) is 0 Å². The lowest BCUT2D eigenvalue weighted by Crippen LogP contribution is -2.20. The summed E-state index contributed by atoms with van der Waals surface area (Å²) in [5.41, 5.74) is 0.890. The van der Waals surface area contributed by atoms with E-state index in [0.717, 1.165) is 0 Å². The number of carbonyl (C=O) groups excluding carboxylic acids is 1. The van der Waals surface area contributed by atoms with Crippen molar-refractivity contribution in [2.75, 3.05) is 10.6 Å². The zero-order chi connectivity index (χ0) is 14.5. The van der Waals surface area contributed by atoms with E-state index in [2.05, 4.69) is 20.7 Å². The largest absolute Gasteiger partial charge is 0.481 e. The number of nitrogens with one attached hydrogen (secondary N) is 2. The highest BCUT2D eigenvalue weighted by Gasteiger charge is 2.06. The number of anilines is 2. The Bertz CT molecular complexity index is 620. The van der Waals surface area contributed by atoms with Gasteiger partial charge in [-0.1, -0.05) is 0 Å². The van der Waals surface area contributed by atoms with Crippen LogP contribution in [-0.2, 0) is 18.3 Å². The lowest BCUT2D eigenvalue weighted by molar-refractivity contribution is -0.136. The Morgan fingerprint density at radius 1 is 1.30 bits per heavy atom. The second-order valence-electron chi connectivity index (χ2n) is 4.06. The molecule has 8 heteroatoms. The Kier molecular flexibility index (Phi) is 3.94. The molecule has 2 aromatic rings. The maximum absolute atomic E-state index is 11.7. The topological polar surface area (TPSA) is 109 Å². The highest BCUT2D eigenvalue weighted by Crippen LogP contribution is 2.08. The van der Waals surface area contributed by atoms with Crippen LogP contribution in [-0.4, -0.2) is 31.9 Å². The summed E-state index contributed by atoms with van der Waals surface area (Å²) < 4.78 is 1.57. The summed E-state index contributed by atoms with van der Waals surface area (Å²) in [7, 11) is 1.74. The van der Waals surface area contributed by atoms with E-state index in [4.69, 9.17) is 5.11 Å². The summed E-state index contributed by atoms with van der Waals surface area (Å²) in [5, 5.41) is 17.7. The molecule has 20 heavy (non-hydrogen) atoms. The predicted molar refractivity (Wildman–Crippen MR) is 71.4 cm³/mol. The number of aryl methyl sites for hydroxylation is 1. The van der Waals surface area contributed by atoms with E-state index in [-0.39, 0.29) is 6.42 Å². The number of aromatic nitrogens is 3. The van der Waals surface area contributed by atoms with Crippen molar-refractivity contribution in [2.24, 2.45) is 7.05 Å². The Morgan fingerprint density at radius 3 is 2.65 bits per heavy atom. The SMILES string of the molecule is Cn1ccc(NC(=O)Nc2ccc(CC(=O)O)nc2)n1. The van der Waals surface area contributed by atoms with Crippen molar-refractivity contribution in [3.05, 3.63) is 36.3 Å². The third-order valence-corrected chi connectivity index (χ3v) is 2.37. The molecule has 0 aliphatic carbocycles. The van der Waals surface area contributed by atoms with Crippen LogP contribution in [0.4, 0.5) is 16.3 Å². The van der Waals surface area contributed by atoms with Crippen LogP contribution in [0.2, 0.25) is 0 Å². The molecule has 3 N–H and O–H groups in total. The van der Waals surface area contributed by atoms with Crippen LogP contribution in [0.3, 0.4) is 0 Å². The van der Waals surface area contributed by atoms with Crippen LogP contribution in [0.1, 0.15) is 5.69 Å². The summed E-state index contributed by atoms with van der Waals surface area (Å²) in [6.45, 7) is 0. The molecule has 0 saturated heterocycles. The number of pyridine rings is 1. The smallest absolute Gasteiger partial charge is 0.324 e. The number of rotatable bonds is 4. The van der Waals surface area contributed by atoms with Gasteiger partial charge in [0.25, 0.3) is 0 Å². The van der Waals surface area contributed by atoms with Gasteiger partial charge in [0.05, 0.1) is 24.0 Å². The first kappa shape index (κ1) is 13.5. The molecule has 0 aliphatic rings. The molecule has 0 aromatic carbocycles. The number of carbonyl (C=O) groups is 2. The molecule has 2 heterocycles. The van der Waals surface area contributed by atoms with Gasteiger partial charge < -0.3 is 10.4 Å². The van der Waals surface area contributed by atoms with E-state index in [1.165, 1.54) is 6.20 Å². The van der Waals surface area contributed by atoms with Crippen molar-refractivity contribution in [1.82, 2.24) is 14.8 Å². The lowest BCUT2D eigenvalue weighted by atomic mass is 10.2. The first-order valence-electron chi connectivity index (χ1n) is 5.77. The Balaban J connectivity index is 1.92. The molecule has 0 aliphatic heterocycles. The van der Waals surface area contributed by atoms with Crippen molar-refractivity contribution >= 4 is 23.5 Å². The molecule has 0 saturated carbocycles. The molecule has 2 aromatic heterocycles. The van der Waals surface area contributed by atoms with Gasteiger partial charge in [0.15, 0.2) is 5.82 Å². The highest BCUT2D eigenvalue weighted by molar-refractivity contribution is 5.98. The molecular weight excluding hydrogens is 262 g/mol. The van der Waals surface area contributed by atoms with Crippen molar-refractivity contribution in [2.45, 2.75) is 6.42 Å². The average molecular weight is 275 g/mol. The van der Waals surface area contributed by atoms with E-state index in [0.29, 0.717) is 17.2 Å². The summed E-state index contributed by atoms with van der Waals surface area (Å²) in [6.07, 6.45) is 2.95. The monoisotopic (exact) mass is 275 g/mol. The number of hydrogen-bond donors (Lipinski definition) is 3. The molecule has 0 atom stereocenters. The van der Waals surface area contributed by atoms with E-state index in [9.17, 15) is 9.59 Å². The van der Waals surface area contributed by atoms with Crippen molar-refractivity contribution in [3.8, 4) is 0 Å². The molecule has 0 spiro atoms. The third kappa shape index (κ3) is 3.80. The quantitative estimate of drug-likeness (QED) is 0.773. The molecular formula is C12H13N5O3. The van der Waals surface area contributed by atoms with Crippen LogP contribution < -0.4 is 10.6 Å². The minimum atomic E-state index is -0.953. The minimum Gasteiger partial charge on any atom is -0.481 e. The first-order valence-corrected chi connectivity index (χ1v) is 5.77. The van der Waals surface area contributed by atoms with Gasteiger partial charge in [-0.05, 0) is 12.1 Å². The first-order chi connectivity index (χ1) is 9.52. The number of nitrogens with zero attached hydrogens (tertiary/aromatic N) is 3. The van der Waals surface area contributed by atoms with Gasteiger partial charge in [-0.25, -0.2) is 4.79 Å². The van der Waals surface area contributed by atoms with Crippen LogP contribution in [0.15, 0.2) is 30.6 Å². The van der Waals surface area contributed by atoms with Crippen LogP contribution in [0, 0.1) is 0 Å². The normalized spacial score (nSPS) is 10.1. The second kappa shape index (κ2) is 5.83. The molecule has 0 radical (unpaired) electrons. The fourth-order valence-corrected chi connectivity index (χ4v) is 1.52. The average Bonchev–Trinajstić information content (AvgIpc) is 2.76. The maximum atomic E-state index is 11.7. The Hall–Kier alpha value is -2.90. The van der Waals surface area contributed by atoms with Crippen LogP contribution in [0.5, 0.6) is 0 Å². The van der Waals surface area contributed by atoms with Gasteiger partial charge in [-0.2, -0.15) is 5.10 Å². The number of hydrogen-bond acceptors (Lipinski definition) is 4. The standard InChI is InChI=1S/C12H13N5O3/c1-17-5-4-10(16-17)15-12(20)14-9-3-2-8(13-7-9)6-11(18)19/h2-5,7H,6H2,1H3,(H,18,19)(H2,14,15,16,20). The van der Waals surface area contributed by atoms with E-state index >= 15 is 0 Å². The summed E-state index contributed by atoms with van der Waals surface area (Å²) >= 11 is 0. The van der Waals surface area contributed by atoms with Crippen LogP contribution >= 0.6 is 0 Å². The zero-order valence-electron chi connectivity index (χ0n) is 10.7. The van der Waals surface area contributed by atoms with E-state index < -0.39 is 12.0 Å². The molecule has 104 valence electrons. The molecule has 2 rings (SSSR count). The number of urea groups is 1. The van der Waals surface area contributed by atoms with Gasteiger partial charge in [0, 0.05) is 19.3 Å². The Morgan fingerprint density at radius 2 is 2.10 bits per heavy atom. The van der Waals surface area contributed by atoms with Crippen molar-refractivity contribution < 1.29 is 14.7 Å². The minimum absolute atomic E-state index is 0.152. The number of aliphatic carboxylic acids is 1. The molecule has 2 amide bonds. The molecule has 0 bridgehead atoms. The summed E-state index contributed by atoms with van der Waals surface area (Å²) in [4.78, 5) is 26.1. The fourth-order valence-electron chi connectivity index (χ4n) is 1.52. The van der Waals surface area contributed by atoms with E-state index in [1.54, 1.807) is 36.1 Å². The zero-order valence-corrected chi connectivity index (χ0v) is 10.7. The van der Waals surface area contributed by atoms with Crippen LogP contribution in [0.25, 0.3) is 0 Å². The van der Waals surface area contributed by atoms with Gasteiger partial charge in [-0.3, -0.25) is 19.8 Å². The summed E-state index contributed by atoms with van der Waals surface area (Å²) in [5.74, 6) is -0.522. The van der Waals surface area contributed by atoms with Crippen molar-refractivity contribution in [1.29, 1.82) is 0 Å². The predicted octanol–water partition coefficient (Wildman–Crippen LogP) is 1.09. The Labute approximate surface area is 114 Å². The van der Waals surface area contributed by atoms with Gasteiger partial charge in [0.2, 0.25) is 0 Å². The highest BCUT2D eigenvalue weighted by atomic mass is 16.4. The molecule has 8 nitrogen and oxygen atoms in total. The lowest BCUT2D eigenvalue weighted by Gasteiger charge is -2.05. The molecule has 0 fully saturated rings. The van der Waals surface area contributed by atoms with Crippen molar-refractivity contribution in [3.63, 3.8) is 0 Å². The second-order valence-corrected chi connectivity index (χ2v) is 4.06. The summed E-state index contributed by atoms with van der Waals surface area (Å²) in [6, 6.07) is 4.35. The van der Waals surface area contributed by atoms with Gasteiger partial charge in [-0.15, -0.1) is 0 Å². The number of carboxylic acids is 1.